The average molecular weight is 324 g/mol. The minimum atomic E-state index is -0.925. The van der Waals surface area contributed by atoms with Crippen molar-refractivity contribution in [2.45, 2.75) is 38.6 Å². The predicted octanol–water partition coefficient (Wildman–Crippen LogP) is 3.50. The maximum atomic E-state index is 12.6. The molecule has 2 aliphatic rings. The monoisotopic (exact) mass is 324 g/mol. The first-order chi connectivity index (χ1) is 11.5. The Morgan fingerprint density at radius 1 is 1.33 bits per heavy atom. The molecule has 0 radical (unpaired) electrons. The van der Waals surface area contributed by atoms with Crippen LogP contribution in [-0.2, 0) is 16.0 Å². The third-order valence-electron chi connectivity index (χ3n) is 4.94. The highest BCUT2D eigenvalue weighted by Crippen LogP contribution is 2.34. The molecule has 124 valence electrons. The third kappa shape index (κ3) is 3.56. The number of rotatable bonds is 6. The van der Waals surface area contributed by atoms with Crippen LogP contribution in [0.5, 0.6) is 0 Å². The van der Waals surface area contributed by atoms with Gasteiger partial charge in [-0.2, -0.15) is 0 Å². The molecule has 0 amide bonds. The van der Waals surface area contributed by atoms with Gasteiger partial charge in [0.15, 0.2) is 0 Å². The van der Waals surface area contributed by atoms with Gasteiger partial charge in [-0.1, -0.05) is 46.8 Å². The number of aryl methyl sites for hydroxylation is 1. The van der Waals surface area contributed by atoms with E-state index in [1.807, 2.05) is 31.2 Å². The molecular formula is C20H22NO3+. The normalized spacial score (nSPS) is 25.5. The van der Waals surface area contributed by atoms with E-state index in [9.17, 15) is 14.7 Å². The number of carbonyl (C=O) groups is 2. The zero-order chi connectivity index (χ0) is 17.1. The Bertz CT molecular complexity index is 723. The number of carboxylic acid groups (broad SMARTS) is 1. The number of benzene rings is 1. The molecule has 0 saturated heterocycles. The largest absolute Gasteiger partial charge is 0.481 e. The van der Waals surface area contributed by atoms with Crippen molar-refractivity contribution >= 4 is 11.8 Å². The fraction of sp³-hybridized carbons (Fsp3) is 0.450. The number of fused-ring (bicyclic) bond motifs is 1. The standard InChI is InChI=1S/C20H21NO3/c1-13-6-8-14(9-7-13)10-16(20(23)24)11-18(22)19-17-5-3-2-4-15(17)12-21-19/h3,5-9,15-17,19H,2,4,10-11H2,1H3/p+1/t15-,16?,17?,19-/m0/s1. The molecule has 3 rings (SSSR count). The molecule has 4 atom stereocenters. The van der Waals surface area contributed by atoms with Gasteiger partial charge in [0.2, 0.25) is 5.78 Å². The van der Waals surface area contributed by atoms with E-state index in [0.717, 1.165) is 24.0 Å². The van der Waals surface area contributed by atoms with E-state index in [-0.39, 0.29) is 24.0 Å². The van der Waals surface area contributed by atoms with Crippen molar-refractivity contribution < 1.29 is 14.7 Å². The number of hydrogen-bond acceptors (Lipinski definition) is 2. The summed E-state index contributed by atoms with van der Waals surface area (Å²) in [6.07, 6.45) is 6.50. The molecule has 1 aromatic carbocycles. The van der Waals surface area contributed by atoms with Crippen LogP contribution in [0.2, 0.25) is 0 Å². The van der Waals surface area contributed by atoms with Crippen LogP contribution in [-0.4, -0.2) is 22.9 Å². The summed E-state index contributed by atoms with van der Waals surface area (Å²) in [5.74, 6) is -1.43. The van der Waals surface area contributed by atoms with E-state index in [1.165, 1.54) is 0 Å². The summed E-state index contributed by atoms with van der Waals surface area (Å²) >= 11 is 0. The average Bonchev–Trinajstić information content (AvgIpc) is 3.00. The van der Waals surface area contributed by atoms with Gasteiger partial charge in [0.25, 0.3) is 6.07 Å². The Balaban J connectivity index is 1.67. The third-order valence-corrected chi connectivity index (χ3v) is 4.94. The number of aliphatic carboxylic acids is 1. The van der Waals surface area contributed by atoms with Crippen LogP contribution in [0.25, 0.3) is 4.85 Å². The second-order valence-electron chi connectivity index (χ2n) is 6.79. The maximum absolute atomic E-state index is 12.6. The van der Waals surface area contributed by atoms with E-state index < -0.39 is 17.9 Å². The van der Waals surface area contributed by atoms with Crippen molar-refractivity contribution in [3.8, 4) is 6.07 Å². The van der Waals surface area contributed by atoms with Gasteiger partial charge >= 0.3 is 12.0 Å². The Kier molecular flexibility index (Phi) is 4.80. The number of ketones is 1. The topological polar surface area (TPSA) is 58.7 Å². The minimum absolute atomic E-state index is 0.0239. The van der Waals surface area contributed by atoms with Crippen LogP contribution >= 0.6 is 0 Å². The molecular weight excluding hydrogens is 302 g/mol. The summed E-state index contributed by atoms with van der Waals surface area (Å²) in [5, 5.41) is 9.50. The van der Waals surface area contributed by atoms with Gasteiger partial charge < -0.3 is 5.11 Å². The molecule has 0 saturated carbocycles. The van der Waals surface area contributed by atoms with E-state index >= 15 is 0 Å². The second-order valence-corrected chi connectivity index (χ2v) is 6.79. The second kappa shape index (κ2) is 7.00. The highest BCUT2D eigenvalue weighted by Gasteiger charge is 2.47. The molecule has 1 aliphatic heterocycles. The van der Waals surface area contributed by atoms with Crippen LogP contribution < -0.4 is 0 Å². The molecule has 1 aliphatic carbocycles. The molecule has 4 nitrogen and oxygen atoms in total. The first-order valence-electron chi connectivity index (χ1n) is 8.47. The van der Waals surface area contributed by atoms with Crippen molar-refractivity contribution in [1.29, 1.82) is 0 Å². The van der Waals surface area contributed by atoms with Gasteiger partial charge in [-0.3, -0.25) is 9.59 Å². The van der Waals surface area contributed by atoms with Gasteiger partial charge in [-0.05, 0) is 31.7 Å². The van der Waals surface area contributed by atoms with E-state index in [2.05, 4.69) is 23.1 Å². The summed E-state index contributed by atoms with van der Waals surface area (Å²) in [5.41, 5.74) is 2.07. The number of Topliss-reactive ketones (excluding diaryl/α,β-unsaturated/α-hetero) is 1. The zero-order valence-electron chi connectivity index (χ0n) is 13.8. The molecule has 0 spiro atoms. The summed E-state index contributed by atoms with van der Waals surface area (Å²) in [6.45, 7) is 1.99. The summed E-state index contributed by atoms with van der Waals surface area (Å²) < 4.78 is 0. The van der Waals surface area contributed by atoms with E-state index in [0.29, 0.717) is 6.42 Å². The van der Waals surface area contributed by atoms with Gasteiger partial charge in [-0.25, -0.2) is 0 Å². The molecule has 1 heterocycles. The quantitative estimate of drug-likeness (QED) is 0.815. The van der Waals surface area contributed by atoms with E-state index in [1.54, 1.807) is 0 Å². The number of allylic oxidation sites excluding steroid dienone is 1. The number of carboxylic acids is 1. The number of hydrogen-bond donors (Lipinski definition) is 1. The fourth-order valence-corrected chi connectivity index (χ4v) is 3.50. The smallest absolute Gasteiger partial charge is 0.336 e. The predicted molar refractivity (Wildman–Crippen MR) is 92.0 cm³/mol. The minimum Gasteiger partial charge on any atom is -0.481 e. The molecule has 0 bridgehead atoms. The van der Waals surface area contributed by atoms with Crippen molar-refractivity contribution in [2.75, 3.05) is 0 Å². The SMILES string of the molecule is Cc1ccc(CC(CC(=O)[C@H]2[N+]#C[C@@H]3CCC=CC32)C(=O)O)cc1. The Morgan fingerprint density at radius 3 is 2.79 bits per heavy atom. The van der Waals surface area contributed by atoms with Gasteiger partial charge in [0.1, 0.15) is 5.92 Å². The number of nitrogens with zero attached hydrogens (tertiary/aromatic N) is 1. The lowest BCUT2D eigenvalue weighted by atomic mass is 9.79. The Labute approximate surface area is 142 Å². The lowest BCUT2D eigenvalue weighted by Gasteiger charge is -2.17. The lowest BCUT2D eigenvalue weighted by Crippen LogP contribution is -2.31. The molecule has 24 heavy (non-hydrogen) atoms. The van der Waals surface area contributed by atoms with Crippen molar-refractivity contribution in [3.05, 3.63) is 52.4 Å². The van der Waals surface area contributed by atoms with Crippen LogP contribution in [0.15, 0.2) is 36.4 Å². The highest BCUT2D eigenvalue weighted by molar-refractivity contribution is 5.90. The fourth-order valence-electron chi connectivity index (χ4n) is 3.50. The Morgan fingerprint density at radius 2 is 2.08 bits per heavy atom. The summed E-state index contributed by atoms with van der Waals surface area (Å²) in [4.78, 5) is 28.5. The van der Waals surface area contributed by atoms with E-state index in [4.69, 9.17) is 0 Å². The number of carbonyl (C=O) groups excluding carboxylic acids is 1. The molecule has 2 unspecified atom stereocenters. The highest BCUT2D eigenvalue weighted by atomic mass is 16.4. The molecule has 0 fully saturated rings. The van der Waals surface area contributed by atoms with Crippen LogP contribution in [0.4, 0.5) is 0 Å². The molecule has 4 heteroatoms. The van der Waals surface area contributed by atoms with Gasteiger partial charge in [0.05, 0.1) is 11.8 Å². The first-order valence-corrected chi connectivity index (χ1v) is 8.47. The first kappa shape index (κ1) is 16.4. The van der Waals surface area contributed by atoms with Crippen molar-refractivity contribution in [2.24, 2.45) is 17.8 Å². The van der Waals surface area contributed by atoms with Crippen LogP contribution in [0, 0.1) is 30.7 Å². The van der Waals surface area contributed by atoms with Gasteiger partial charge in [-0.15, -0.1) is 0 Å². The Hall–Kier alpha value is -2.41. The van der Waals surface area contributed by atoms with Crippen LogP contribution in [0.3, 0.4) is 0 Å². The lowest BCUT2D eigenvalue weighted by molar-refractivity contribution is -0.143. The summed E-state index contributed by atoms with van der Waals surface area (Å²) in [7, 11) is 0. The van der Waals surface area contributed by atoms with Crippen molar-refractivity contribution in [1.82, 2.24) is 0 Å². The maximum Gasteiger partial charge on any atom is 0.336 e. The van der Waals surface area contributed by atoms with Crippen molar-refractivity contribution in [3.63, 3.8) is 0 Å². The zero-order valence-corrected chi connectivity index (χ0v) is 13.8. The summed E-state index contributed by atoms with van der Waals surface area (Å²) in [6, 6.07) is 10.4. The van der Waals surface area contributed by atoms with Gasteiger partial charge in [0, 0.05) is 6.42 Å². The molecule has 0 aromatic heterocycles. The molecule has 1 N–H and O–H groups in total. The van der Waals surface area contributed by atoms with Crippen LogP contribution in [0.1, 0.15) is 30.4 Å². The molecule has 1 aromatic rings.